The van der Waals surface area contributed by atoms with Gasteiger partial charge in [0.05, 0.1) is 0 Å². The van der Waals surface area contributed by atoms with Gasteiger partial charge in [-0.05, 0) is 32.1 Å². The van der Waals surface area contributed by atoms with Crippen LogP contribution in [0.1, 0.15) is 49.9 Å². The van der Waals surface area contributed by atoms with Crippen LogP contribution < -0.4 is 0 Å². The van der Waals surface area contributed by atoms with Crippen molar-refractivity contribution in [1.29, 1.82) is 0 Å². The molecule has 0 amide bonds. The van der Waals surface area contributed by atoms with Crippen molar-refractivity contribution in [3.8, 4) is 0 Å². The monoisotopic (exact) mass is 207 g/mol. The Hall–Kier alpha value is -0.900. The summed E-state index contributed by atoms with van der Waals surface area (Å²) in [6, 6.07) is 0. The van der Waals surface area contributed by atoms with Gasteiger partial charge in [0, 0.05) is 19.6 Å². The van der Waals surface area contributed by atoms with Crippen molar-refractivity contribution in [2.75, 3.05) is 6.61 Å². The fourth-order valence-electron chi connectivity index (χ4n) is 2.51. The minimum atomic E-state index is 0.207. The number of aryl methyl sites for hydroxylation is 1. The van der Waals surface area contributed by atoms with E-state index >= 15 is 0 Å². The Labute approximate surface area is 89.6 Å². The minimum Gasteiger partial charge on any atom is -0.370 e. The highest BCUT2D eigenvalue weighted by atomic mass is 16.5. The molecule has 82 valence electrons. The van der Waals surface area contributed by atoms with Gasteiger partial charge in [-0.25, -0.2) is 0 Å². The van der Waals surface area contributed by atoms with E-state index in [1.54, 1.807) is 0 Å². The number of aromatic nitrogens is 3. The van der Waals surface area contributed by atoms with Crippen LogP contribution in [0.3, 0.4) is 0 Å². The van der Waals surface area contributed by atoms with E-state index in [4.69, 9.17) is 4.74 Å². The van der Waals surface area contributed by atoms with Gasteiger partial charge in [0.1, 0.15) is 11.9 Å². The molecule has 0 aliphatic carbocycles. The van der Waals surface area contributed by atoms with E-state index in [1.807, 2.05) is 0 Å². The predicted molar refractivity (Wildman–Crippen MR) is 55.5 cm³/mol. The highest BCUT2D eigenvalue weighted by molar-refractivity contribution is 5.02. The summed E-state index contributed by atoms with van der Waals surface area (Å²) >= 11 is 0. The highest BCUT2D eigenvalue weighted by Crippen LogP contribution is 2.28. The second kappa shape index (κ2) is 3.93. The third-order valence-corrected chi connectivity index (χ3v) is 3.36. The average molecular weight is 207 g/mol. The topological polar surface area (TPSA) is 39.9 Å². The van der Waals surface area contributed by atoms with Gasteiger partial charge in [-0.15, -0.1) is 10.2 Å². The normalized spacial score (nSPS) is 26.3. The van der Waals surface area contributed by atoms with Crippen LogP contribution in [-0.2, 0) is 17.7 Å². The Kier molecular flexibility index (Phi) is 2.44. The summed E-state index contributed by atoms with van der Waals surface area (Å²) in [6.07, 6.45) is 7.36. The summed E-state index contributed by atoms with van der Waals surface area (Å²) in [4.78, 5) is 0. The van der Waals surface area contributed by atoms with Crippen molar-refractivity contribution >= 4 is 0 Å². The van der Waals surface area contributed by atoms with Crippen LogP contribution in [0.5, 0.6) is 0 Å². The van der Waals surface area contributed by atoms with Crippen LogP contribution in [-0.4, -0.2) is 21.4 Å². The molecule has 4 nitrogen and oxygen atoms in total. The van der Waals surface area contributed by atoms with Crippen molar-refractivity contribution in [2.24, 2.45) is 0 Å². The molecule has 0 aromatic carbocycles. The maximum atomic E-state index is 5.77. The summed E-state index contributed by atoms with van der Waals surface area (Å²) < 4.78 is 8.04. The summed E-state index contributed by atoms with van der Waals surface area (Å²) in [5.41, 5.74) is 0. The number of ether oxygens (including phenoxy) is 1. The average Bonchev–Trinajstić information content (AvgIpc) is 2.74. The largest absolute Gasteiger partial charge is 0.370 e. The smallest absolute Gasteiger partial charge is 0.162 e. The number of nitrogens with zero attached hydrogens (tertiary/aromatic N) is 3. The predicted octanol–water partition coefficient (Wildman–Crippen LogP) is 1.86. The molecule has 2 aliphatic heterocycles. The molecule has 0 N–H and O–H groups in total. The SMILES string of the molecule is C1CCC(c2nnc3n2CCCC3)OC1. The molecule has 0 radical (unpaired) electrons. The van der Waals surface area contributed by atoms with E-state index in [2.05, 4.69) is 14.8 Å². The zero-order chi connectivity index (χ0) is 10.1. The lowest BCUT2D eigenvalue weighted by Gasteiger charge is -2.23. The van der Waals surface area contributed by atoms with Gasteiger partial charge >= 0.3 is 0 Å². The molecule has 0 spiro atoms. The van der Waals surface area contributed by atoms with E-state index < -0.39 is 0 Å². The quantitative estimate of drug-likeness (QED) is 0.705. The Bertz CT molecular complexity index is 342. The summed E-state index contributed by atoms with van der Waals surface area (Å²) in [7, 11) is 0. The van der Waals surface area contributed by atoms with Crippen molar-refractivity contribution < 1.29 is 4.74 Å². The molecule has 2 aliphatic rings. The molecule has 0 saturated carbocycles. The maximum Gasteiger partial charge on any atom is 0.162 e. The maximum absolute atomic E-state index is 5.77. The van der Waals surface area contributed by atoms with Crippen LogP contribution in [0.4, 0.5) is 0 Å². The first-order valence-corrected chi connectivity index (χ1v) is 5.99. The molecule has 0 bridgehead atoms. The zero-order valence-electron chi connectivity index (χ0n) is 8.98. The van der Waals surface area contributed by atoms with Crippen molar-refractivity contribution in [2.45, 2.75) is 51.2 Å². The summed E-state index contributed by atoms with van der Waals surface area (Å²) in [6.45, 7) is 1.96. The van der Waals surface area contributed by atoms with E-state index in [0.29, 0.717) is 0 Å². The first kappa shape index (κ1) is 9.33. The van der Waals surface area contributed by atoms with E-state index in [9.17, 15) is 0 Å². The summed E-state index contributed by atoms with van der Waals surface area (Å²) in [5, 5.41) is 8.57. The van der Waals surface area contributed by atoms with Gasteiger partial charge in [0.25, 0.3) is 0 Å². The molecular weight excluding hydrogens is 190 g/mol. The standard InChI is InChI=1S/C11H17N3O/c1-3-7-14-10(6-1)12-13-11(14)9-5-2-4-8-15-9/h9H,1-8H2. The molecule has 3 heterocycles. The number of hydrogen-bond donors (Lipinski definition) is 0. The van der Waals surface area contributed by atoms with Crippen molar-refractivity contribution in [1.82, 2.24) is 14.8 Å². The second-order valence-corrected chi connectivity index (χ2v) is 4.44. The number of rotatable bonds is 1. The Balaban J connectivity index is 1.87. The molecule has 3 rings (SSSR count). The molecule has 1 aromatic rings. The third-order valence-electron chi connectivity index (χ3n) is 3.36. The van der Waals surface area contributed by atoms with Gasteiger partial charge in [0.15, 0.2) is 5.82 Å². The molecule has 15 heavy (non-hydrogen) atoms. The lowest BCUT2D eigenvalue weighted by molar-refractivity contribution is 0.00679. The number of fused-ring (bicyclic) bond motifs is 1. The molecular formula is C11H17N3O. The van der Waals surface area contributed by atoms with E-state index in [1.165, 1.54) is 25.7 Å². The van der Waals surface area contributed by atoms with Gasteiger partial charge in [-0.1, -0.05) is 0 Å². The first-order valence-electron chi connectivity index (χ1n) is 5.99. The van der Waals surface area contributed by atoms with Gasteiger partial charge in [0.2, 0.25) is 0 Å². The van der Waals surface area contributed by atoms with Crippen LogP contribution in [0.15, 0.2) is 0 Å². The molecule has 1 saturated heterocycles. The van der Waals surface area contributed by atoms with E-state index in [-0.39, 0.29) is 6.10 Å². The lowest BCUT2D eigenvalue weighted by Crippen LogP contribution is -2.19. The molecule has 1 unspecified atom stereocenters. The lowest BCUT2D eigenvalue weighted by atomic mass is 10.1. The summed E-state index contributed by atoms with van der Waals surface area (Å²) in [5.74, 6) is 2.23. The Morgan fingerprint density at radius 3 is 3.00 bits per heavy atom. The fraction of sp³-hybridized carbons (Fsp3) is 0.818. The first-order chi connectivity index (χ1) is 7.45. The van der Waals surface area contributed by atoms with Crippen LogP contribution >= 0.6 is 0 Å². The highest BCUT2D eigenvalue weighted by Gasteiger charge is 2.24. The molecule has 4 heteroatoms. The minimum absolute atomic E-state index is 0.207. The molecule has 1 fully saturated rings. The third kappa shape index (κ3) is 1.67. The number of hydrogen-bond acceptors (Lipinski definition) is 3. The van der Waals surface area contributed by atoms with Crippen LogP contribution in [0, 0.1) is 0 Å². The molecule has 1 aromatic heterocycles. The van der Waals surface area contributed by atoms with Gasteiger partial charge in [-0.3, -0.25) is 0 Å². The fourth-order valence-corrected chi connectivity index (χ4v) is 2.51. The second-order valence-electron chi connectivity index (χ2n) is 4.44. The van der Waals surface area contributed by atoms with Crippen molar-refractivity contribution in [3.63, 3.8) is 0 Å². The Morgan fingerprint density at radius 2 is 2.13 bits per heavy atom. The van der Waals surface area contributed by atoms with Gasteiger partial charge < -0.3 is 9.30 Å². The van der Waals surface area contributed by atoms with Gasteiger partial charge in [-0.2, -0.15) is 0 Å². The molecule has 1 atom stereocenters. The van der Waals surface area contributed by atoms with E-state index in [0.717, 1.165) is 37.6 Å². The Morgan fingerprint density at radius 1 is 1.13 bits per heavy atom. The van der Waals surface area contributed by atoms with Crippen molar-refractivity contribution in [3.05, 3.63) is 11.6 Å². The zero-order valence-corrected chi connectivity index (χ0v) is 8.98. The van der Waals surface area contributed by atoms with Crippen LogP contribution in [0.2, 0.25) is 0 Å². The van der Waals surface area contributed by atoms with Crippen LogP contribution in [0.25, 0.3) is 0 Å².